The first kappa shape index (κ1) is 19.3. The molecule has 1 saturated heterocycles. The van der Waals surface area contributed by atoms with Gasteiger partial charge in [0.15, 0.2) is 12.0 Å². The molecule has 0 atom stereocenters. The highest BCUT2D eigenvalue weighted by Gasteiger charge is 2.39. The van der Waals surface area contributed by atoms with E-state index in [1.165, 1.54) is 5.56 Å². The summed E-state index contributed by atoms with van der Waals surface area (Å²) in [6.07, 6.45) is 9.29. The lowest BCUT2D eigenvalue weighted by Crippen LogP contribution is -2.47. The van der Waals surface area contributed by atoms with Crippen molar-refractivity contribution in [3.05, 3.63) is 47.8 Å². The smallest absolute Gasteiger partial charge is 0.257 e. The van der Waals surface area contributed by atoms with Crippen LogP contribution in [0.1, 0.15) is 41.6 Å². The van der Waals surface area contributed by atoms with Crippen LogP contribution in [0.4, 0.5) is 0 Å². The minimum atomic E-state index is 0.0128. The van der Waals surface area contributed by atoms with Gasteiger partial charge < -0.3 is 15.1 Å². The zero-order chi connectivity index (χ0) is 20.2. The van der Waals surface area contributed by atoms with Crippen LogP contribution in [0.3, 0.4) is 0 Å². The maximum Gasteiger partial charge on any atom is 0.257 e. The van der Waals surface area contributed by atoms with Crippen LogP contribution in [0, 0.1) is 11.5 Å². The third-order valence-corrected chi connectivity index (χ3v) is 5.67. The van der Waals surface area contributed by atoms with E-state index in [0.29, 0.717) is 17.4 Å². The Morgan fingerprint density at radius 1 is 1.14 bits per heavy atom. The molecule has 2 heterocycles. The third-order valence-electron chi connectivity index (χ3n) is 5.67. The number of carbonyl (C=O) groups excluding carboxylic acids is 1. The Balaban J connectivity index is 1.47. The molecule has 2 aliphatic rings. The molecule has 1 N–H and O–H groups in total. The molecular formula is C22H26N6O. The van der Waals surface area contributed by atoms with Crippen molar-refractivity contribution in [3.8, 4) is 17.6 Å². The third kappa shape index (κ3) is 4.38. The van der Waals surface area contributed by atoms with Crippen LogP contribution in [0.15, 0.2) is 36.7 Å². The predicted molar refractivity (Wildman–Crippen MR) is 110 cm³/mol. The molecule has 0 spiro atoms. The van der Waals surface area contributed by atoms with Crippen LogP contribution in [0.5, 0.6) is 0 Å². The fourth-order valence-corrected chi connectivity index (χ4v) is 3.94. The maximum atomic E-state index is 13.2. The van der Waals surface area contributed by atoms with Gasteiger partial charge in [-0.2, -0.15) is 5.26 Å². The molecule has 29 heavy (non-hydrogen) atoms. The van der Waals surface area contributed by atoms with Crippen LogP contribution in [-0.4, -0.2) is 57.9 Å². The number of carbonyl (C=O) groups is 1. The summed E-state index contributed by atoms with van der Waals surface area (Å²) >= 11 is 0. The van der Waals surface area contributed by atoms with Crippen molar-refractivity contribution >= 4 is 5.91 Å². The number of hydrogen-bond donors (Lipinski definition) is 1. The number of nitrogens with one attached hydrogen (secondary N) is 1. The lowest BCUT2D eigenvalue weighted by Gasteiger charge is -2.37. The number of likely N-dealkylation sites (tertiary alicyclic amines) is 1. The Bertz CT molecular complexity index is 877. The molecule has 0 bridgehead atoms. The van der Waals surface area contributed by atoms with Gasteiger partial charge in [0, 0.05) is 49.7 Å². The minimum Gasteiger partial charge on any atom is -0.332 e. The first-order valence-electron chi connectivity index (χ1n) is 10.2. The highest BCUT2D eigenvalue weighted by molar-refractivity contribution is 5.94. The average molecular weight is 390 g/mol. The van der Waals surface area contributed by atoms with E-state index in [4.69, 9.17) is 5.26 Å². The Morgan fingerprint density at radius 3 is 2.31 bits per heavy atom. The van der Waals surface area contributed by atoms with Gasteiger partial charge >= 0.3 is 0 Å². The molecular weight excluding hydrogens is 364 g/mol. The second-order valence-corrected chi connectivity index (χ2v) is 7.78. The minimum absolute atomic E-state index is 0.0128. The molecule has 1 saturated carbocycles. The Morgan fingerprint density at radius 2 is 1.76 bits per heavy atom. The van der Waals surface area contributed by atoms with Crippen molar-refractivity contribution in [1.29, 1.82) is 5.26 Å². The monoisotopic (exact) mass is 390 g/mol. The van der Waals surface area contributed by atoms with E-state index in [-0.39, 0.29) is 11.9 Å². The molecule has 1 aliphatic heterocycles. The average Bonchev–Trinajstić information content (AvgIpc) is 3.60. The summed E-state index contributed by atoms with van der Waals surface area (Å²) in [6, 6.07) is 8.62. The lowest BCUT2D eigenvalue weighted by atomic mass is 10.0. The summed E-state index contributed by atoms with van der Waals surface area (Å²) in [6.45, 7) is 2.26. The lowest BCUT2D eigenvalue weighted by molar-refractivity contribution is 0.0584. The van der Waals surface area contributed by atoms with Crippen molar-refractivity contribution < 1.29 is 4.79 Å². The summed E-state index contributed by atoms with van der Waals surface area (Å²) < 4.78 is 0. The first-order valence-corrected chi connectivity index (χ1v) is 10.2. The van der Waals surface area contributed by atoms with E-state index in [1.807, 2.05) is 24.1 Å². The normalized spacial score (nSPS) is 17.0. The van der Waals surface area contributed by atoms with Gasteiger partial charge in [0.25, 0.3) is 5.91 Å². The largest absolute Gasteiger partial charge is 0.332 e. The predicted octanol–water partition coefficient (Wildman–Crippen LogP) is 2.41. The second-order valence-electron chi connectivity index (χ2n) is 7.78. The molecule has 150 valence electrons. The molecule has 0 unspecified atom stereocenters. The topological polar surface area (TPSA) is 85.2 Å². The number of nitrogens with zero attached hydrogens (tertiary/aromatic N) is 5. The van der Waals surface area contributed by atoms with E-state index in [9.17, 15) is 4.79 Å². The summed E-state index contributed by atoms with van der Waals surface area (Å²) in [5, 5.41) is 12.2. The number of nitriles is 1. The van der Waals surface area contributed by atoms with Gasteiger partial charge in [-0.15, -0.1) is 0 Å². The van der Waals surface area contributed by atoms with Gasteiger partial charge in [-0.3, -0.25) is 4.79 Å². The molecule has 7 heteroatoms. The van der Waals surface area contributed by atoms with Crippen molar-refractivity contribution in [2.24, 2.45) is 0 Å². The summed E-state index contributed by atoms with van der Waals surface area (Å²) in [5.41, 5.74) is 2.67. The molecule has 1 amide bonds. The highest BCUT2D eigenvalue weighted by atomic mass is 16.2. The van der Waals surface area contributed by atoms with E-state index in [2.05, 4.69) is 33.6 Å². The standard InChI is InChI=1S/C22H26N6O/c1-24-12-16-2-4-17(5-3-16)21-25-13-18(14-26-21)22(29)28(19-6-7-19)20-8-10-27(15-23)11-9-20/h2-5,13-14,19-20,24H,6-12H2,1H3. The Labute approximate surface area is 171 Å². The van der Waals surface area contributed by atoms with Gasteiger partial charge in [0.05, 0.1) is 5.56 Å². The van der Waals surface area contributed by atoms with Crippen molar-refractivity contribution in [1.82, 2.24) is 25.1 Å². The van der Waals surface area contributed by atoms with E-state index in [1.54, 1.807) is 17.3 Å². The summed E-state index contributed by atoms with van der Waals surface area (Å²) in [5.74, 6) is 0.636. The fourth-order valence-electron chi connectivity index (χ4n) is 3.94. The van der Waals surface area contributed by atoms with Crippen LogP contribution < -0.4 is 5.32 Å². The number of amides is 1. The second kappa shape index (κ2) is 8.58. The zero-order valence-electron chi connectivity index (χ0n) is 16.7. The Hall–Kier alpha value is -2.98. The van der Waals surface area contributed by atoms with Gasteiger partial charge in [0.2, 0.25) is 0 Å². The molecule has 0 radical (unpaired) electrons. The van der Waals surface area contributed by atoms with Gasteiger partial charge in [-0.25, -0.2) is 9.97 Å². The number of rotatable bonds is 6. The van der Waals surface area contributed by atoms with Crippen molar-refractivity contribution in [2.75, 3.05) is 20.1 Å². The highest BCUT2D eigenvalue weighted by Crippen LogP contribution is 2.33. The van der Waals surface area contributed by atoms with E-state index >= 15 is 0 Å². The van der Waals surface area contributed by atoms with Gasteiger partial charge in [-0.1, -0.05) is 24.3 Å². The van der Waals surface area contributed by atoms with Crippen molar-refractivity contribution in [3.63, 3.8) is 0 Å². The molecule has 4 rings (SSSR count). The zero-order valence-corrected chi connectivity index (χ0v) is 16.7. The maximum absolute atomic E-state index is 13.2. The summed E-state index contributed by atoms with van der Waals surface area (Å²) in [7, 11) is 1.92. The molecule has 1 aromatic carbocycles. The first-order chi connectivity index (χ1) is 14.2. The van der Waals surface area contributed by atoms with Gasteiger partial charge in [-0.05, 0) is 38.3 Å². The fraction of sp³-hybridized carbons (Fsp3) is 0.455. The number of hydrogen-bond acceptors (Lipinski definition) is 6. The SMILES string of the molecule is CNCc1ccc(-c2ncc(C(=O)N(C3CC3)C3CCN(C#N)CC3)cn2)cc1. The van der Waals surface area contributed by atoms with Crippen LogP contribution in [0.2, 0.25) is 0 Å². The number of aromatic nitrogens is 2. The molecule has 2 aromatic rings. The van der Waals surface area contributed by atoms with Gasteiger partial charge in [0.1, 0.15) is 0 Å². The molecule has 7 nitrogen and oxygen atoms in total. The van der Waals surface area contributed by atoms with E-state index < -0.39 is 0 Å². The summed E-state index contributed by atoms with van der Waals surface area (Å²) in [4.78, 5) is 25.9. The van der Waals surface area contributed by atoms with Crippen LogP contribution in [0.25, 0.3) is 11.4 Å². The molecule has 1 aromatic heterocycles. The van der Waals surface area contributed by atoms with Crippen molar-refractivity contribution in [2.45, 2.75) is 44.3 Å². The molecule has 2 fully saturated rings. The molecule has 1 aliphatic carbocycles. The Kier molecular flexibility index (Phi) is 5.72. The van der Waals surface area contributed by atoms with Crippen LogP contribution >= 0.6 is 0 Å². The van der Waals surface area contributed by atoms with Crippen LogP contribution in [-0.2, 0) is 6.54 Å². The van der Waals surface area contributed by atoms with E-state index in [0.717, 1.165) is 50.9 Å². The number of benzene rings is 1. The number of piperidine rings is 1. The quantitative estimate of drug-likeness (QED) is 0.763.